The second-order valence-corrected chi connectivity index (χ2v) is 7.54. The van der Waals surface area contributed by atoms with Crippen LogP contribution in [0.4, 0.5) is 17.4 Å². The van der Waals surface area contributed by atoms with Crippen molar-refractivity contribution < 1.29 is 13.6 Å². The molecule has 1 aliphatic heterocycles. The Hall–Kier alpha value is -4.58. The molecule has 0 atom stereocenters. The Balaban J connectivity index is 1.38. The highest BCUT2D eigenvalue weighted by Gasteiger charge is 2.29. The highest BCUT2D eigenvalue weighted by molar-refractivity contribution is 5.92. The number of para-hydroxylation sites is 4. The number of aromatic nitrogens is 2. The predicted octanol–water partition coefficient (Wildman–Crippen LogP) is 7.21. The van der Waals surface area contributed by atoms with Crippen LogP contribution in [-0.4, -0.2) is 9.97 Å². The van der Waals surface area contributed by atoms with E-state index in [2.05, 4.69) is 4.98 Å². The number of fused-ring (bicyclic) bond motifs is 4. The summed E-state index contributed by atoms with van der Waals surface area (Å²) in [5.41, 5.74) is 5.39. The lowest BCUT2D eigenvalue weighted by Gasteiger charge is -2.29. The van der Waals surface area contributed by atoms with Crippen molar-refractivity contribution in [3.8, 4) is 23.0 Å². The fourth-order valence-electron chi connectivity index (χ4n) is 4.05. The first kappa shape index (κ1) is 17.1. The van der Waals surface area contributed by atoms with Gasteiger partial charge in [0.05, 0.1) is 11.4 Å². The summed E-state index contributed by atoms with van der Waals surface area (Å²) in [6, 6.07) is 29.7. The van der Waals surface area contributed by atoms with Gasteiger partial charge in [-0.3, -0.25) is 4.90 Å². The van der Waals surface area contributed by atoms with Crippen LogP contribution < -0.4 is 9.64 Å². The highest BCUT2D eigenvalue weighted by atomic mass is 16.5. The van der Waals surface area contributed by atoms with E-state index in [0.717, 1.165) is 34.0 Å². The Kier molecular flexibility index (Phi) is 3.46. The summed E-state index contributed by atoms with van der Waals surface area (Å²) >= 11 is 0. The maximum absolute atomic E-state index is 6.22. The molecule has 2 aromatic heterocycles. The zero-order valence-corrected chi connectivity index (χ0v) is 16.7. The number of nitrogens with zero attached hydrogens (tertiary/aromatic N) is 3. The average molecular weight is 417 g/mol. The minimum atomic E-state index is 0.458. The van der Waals surface area contributed by atoms with Crippen LogP contribution in [-0.2, 0) is 0 Å². The molecule has 0 bridgehead atoms. The monoisotopic (exact) mass is 417 g/mol. The fraction of sp³-hybridized carbons (Fsp3) is 0. The predicted molar refractivity (Wildman–Crippen MR) is 122 cm³/mol. The maximum Gasteiger partial charge on any atom is 0.308 e. The van der Waals surface area contributed by atoms with Gasteiger partial charge in [-0.2, -0.15) is 4.98 Å². The molecule has 0 fully saturated rings. The van der Waals surface area contributed by atoms with Crippen molar-refractivity contribution >= 4 is 39.6 Å². The molecule has 0 aliphatic carbocycles. The van der Waals surface area contributed by atoms with E-state index in [4.69, 9.17) is 18.6 Å². The van der Waals surface area contributed by atoms with E-state index in [-0.39, 0.29) is 0 Å². The summed E-state index contributed by atoms with van der Waals surface area (Å²) in [7, 11) is 0. The van der Waals surface area contributed by atoms with E-state index >= 15 is 0 Å². The third-order valence-corrected chi connectivity index (χ3v) is 5.53. The van der Waals surface area contributed by atoms with Crippen molar-refractivity contribution in [2.24, 2.45) is 0 Å². The van der Waals surface area contributed by atoms with Gasteiger partial charge in [-0.25, -0.2) is 4.98 Å². The number of rotatable bonds is 2. The van der Waals surface area contributed by atoms with Crippen molar-refractivity contribution in [1.29, 1.82) is 0 Å². The highest BCUT2D eigenvalue weighted by Crippen LogP contribution is 2.50. The van der Waals surface area contributed by atoms with Crippen LogP contribution in [0.5, 0.6) is 11.5 Å². The van der Waals surface area contributed by atoms with Gasteiger partial charge in [-0.15, -0.1) is 0 Å². The zero-order chi connectivity index (χ0) is 21.1. The molecule has 0 amide bonds. The molecule has 1 aliphatic rings. The molecule has 0 N–H and O–H groups in total. The van der Waals surface area contributed by atoms with Gasteiger partial charge >= 0.3 is 6.01 Å². The second-order valence-electron chi connectivity index (χ2n) is 7.54. The van der Waals surface area contributed by atoms with Crippen LogP contribution in [0, 0.1) is 0 Å². The molecule has 0 unspecified atom stereocenters. The second kappa shape index (κ2) is 6.46. The molecule has 32 heavy (non-hydrogen) atoms. The van der Waals surface area contributed by atoms with Gasteiger partial charge < -0.3 is 13.6 Å². The largest absolute Gasteiger partial charge is 0.453 e. The van der Waals surface area contributed by atoms with Gasteiger partial charge in [0.1, 0.15) is 11.0 Å². The number of oxazole rings is 2. The van der Waals surface area contributed by atoms with Crippen LogP contribution in [0.15, 0.2) is 99.8 Å². The molecule has 0 radical (unpaired) electrons. The third-order valence-electron chi connectivity index (χ3n) is 5.53. The van der Waals surface area contributed by atoms with Gasteiger partial charge in [0.25, 0.3) is 0 Å². The lowest BCUT2D eigenvalue weighted by molar-refractivity contribution is 0.473. The molecular weight excluding hydrogens is 402 g/mol. The number of ether oxygens (including phenoxy) is 1. The molecule has 0 spiro atoms. The summed E-state index contributed by atoms with van der Waals surface area (Å²) in [4.78, 5) is 11.4. The minimum Gasteiger partial charge on any atom is -0.453 e. The summed E-state index contributed by atoms with van der Waals surface area (Å²) in [5.74, 6) is 2.07. The molecule has 0 saturated carbocycles. The van der Waals surface area contributed by atoms with E-state index in [0.29, 0.717) is 28.6 Å². The van der Waals surface area contributed by atoms with Crippen molar-refractivity contribution in [3.63, 3.8) is 0 Å². The summed E-state index contributed by atoms with van der Waals surface area (Å²) < 4.78 is 18.3. The van der Waals surface area contributed by atoms with Crippen LogP contribution in [0.2, 0.25) is 0 Å². The summed E-state index contributed by atoms with van der Waals surface area (Å²) in [6.45, 7) is 0. The third kappa shape index (κ3) is 2.53. The number of anilines is 3. The van der Waals surface area contributed by atoms with Crippen molar-refractivity contribution in [2.45, 2.75) is 0 Å². The molecule has 4 aromatic carbocycles. The van der Waals surface area contributed by atoms with Crippen molar-refractivity contribution in [2.75, 3.05) is 4.90 Å². The Morgan fingerprint density at radius 2 is 1.19 bits per heavy atom. The van der Waals surface area contributed by atoms with Crippen molar-refractivity contribution in [3.05, 3.63) is 91.0 Å². The van der Waals surface area contributed by atoms with E-state index in [1.807, 2.05) is 95.9 Å². The van der Waals surface area contributed by atoms with E-state index in [9.17, 15) is 0 Å². The molecule has 6 heteroatoms. The van der Waals surface area contributed by atoms with Crippen LogP contribution >= 0.6 is 0 Å². The quantitative estimate of drug-likeness (QED) is 0.296. The van der Waals surface area contributed by atoms with Gasteiger partial charge in [0, 0.05) is 17.7 Å². The van der Waals surface area contributed by atoms with Crippen molar-refractivity contribution in [1.82, 2.24) is 9.97 Å². The topological polar surface area (TPSA) is 64.5 Å². The number of hydrogen-bond donors (Lipinski definition) is 0. The molecule has 152 valence electrons. The van der Waals surface area contributed by atoms with E-state index in [1.165, 1.54) is 0 Å². The van der Waals surface area contributed by atoms with Gasteiger partial charge in [0.2, 0.25) is 5.89 Å². The Bertz CT molecular complexity index is 1520. The maximum atomic E-state index is 6.22. The van der Waals surface area contributed by atoms with Crippen LogP contribution in [0.25, 0.3) is 33.7 Å². The Morgan fingerprint density at radius 3 is 1.91 bits per heavy atom. The van der Waals surface area contributed by atoms with Gasteiger partial charge in [-0.1, -0.05) is 42.5 Å². The molecule has 0 saturated heterocycles. The number of benzene rings is 4. The first-order valence-corrected chi connectivity index (χ1v) is 10.3. The molecule has 7 rings (SSSR count). The minimum absolute atomic E-state index is 0.458. The van der Waals surface area contributed by atoms with Crippen LogP contribution in [0.1, 0.15) is 0 Å². The standard InChI is InChI=1S/C26H15N3O3/c1-2-8-16(9-3-1)25-27-17-14-24-18(15-23(17)31-25)28-26(32-24)29-19-10-4-6-12-21(19)30-22-13-7-5-11-20(22)29/h1-15H. The van der Waals surface area contributed by atoms with Gasteiger partial charge in [0.15, 0.2) is 22.7 Å². The Morgan fingerprint density at radius 1 is 0.594 bits per heavy atom. The SMILES string of the molecule is c1ccc(-c2nc3cc4oc(N5c6ccccc6Oc6ccccc65)nc4cc3o2)cc1. The zero-order valence-electron chi connectivity index (χ0n) is 16.7. The lowest BCUT2D eigenvalue weighted by Crippen LogP contribution is -2.15. The lowest BCUT2D eigenvalue weighted by atomic mass is 10.2. The number of hydrogen-bond acceptors (Lipinski definition) is 6. The molecule has 6 nitrogen and oxygen atoms in total. The smallest absolute Gasteiger partial charge is 0.308 e. The Labute approximate surface area is 182 Å². The van der Waals surface area contributed by atoms with E-state index in [1.54, 1.807) is 0 Å². The fourth-order valence-corrected chi connectivity index (χ4v) is 4.05. The van der Waals surface area contributed by atoms with Gasteiger partial charge in [-0.05, 0) is 36.4 Å². The first-order chi connectivity index (χ1) is 15.8. The summed E-state index contributed by atoms with van der Waals surface area (Å²) in [5, 5.41) is 0. The normalized spacial score (nSPS) is 12.6. The first-order valence-electron chi connectivity index (χ1n) is 10.3. The van der Waals surface area contributed by atoms with E-state index < -0.39 is 0 Å². The summed E-state index contributed by atoms with van der Waals surface area (Å²) in [6.07, 6.45) is 0. The molecular formula is C26H15N3O3. The van der Waals surface area contributed by atoms with Crippen LogP contribution in [0.3, 0.4) is 0 Å². The average Bonchev–Trinajstić information content (AvgIpc) is 3.44. The molecule has 3 heterocycles. The molecule has 6 aromatic rings.